The van der Waals surface area contributed by atoms with Gasteiger partial charge in [0.1, 0.15) is 12.1 Å². The Bertz CT molecular complexity index is 1150. The summed E-state index contributed by atoms with van der Waals surface area (Å²) in [5.41, 5.74) is 1.71. The first-order chi connectivity index (χ1) is 15.3. The highest BCUT2D eigenvalue weighted by atomic mass is 32.2. The van der Waals surface area contributed by atoms with Crippen molar-refractivity contribution in [1.29, 1.82) is 0 Å². The molecule has 3 heterocycles. The number of imidazole rings is 1. The first kappa shape index (κ1) is 22.2. The summed E-state index contributed by atoms with van der Waals surface area (Å²) in [4.78, 5) is 21.3. The van der Waals surface area contributed by atoms with Crippen LogP contribution < -0.4 is 5.32 Å². The minimum Gasteiger partial charge on any atom is -0.324 e. The molecule has 0 saturated carbocycles. The van der Waals surface area contributed by atoms with Crippen molar-refractivity contribution in [3.63, 3.8) is 0 Å². The highest BCUT2D eigenvalue weighted by Crippen LogP contribution is 2.26. The van der Waals surface area contributed by atoms with E-state index in [4.69, 9.17) is 0 Å². The van der Waals surface area contributed by atoms with Crippen molar-refractivity contribution in [2.75, 3.05) is 18.4 Å². The van der Waals surface area contributed by atoms with Crippen molar-refractivity contribution in [1.82, 2.24) is 18.8 Å². The number of carbonyl (C=O) groups is 1. The molecular weight excluding hydrogens is 426 g/mol. The van der Waals surface area contributed by atoms with Gasteiger partial charge in [-0.3, -0.25) is 9.36 Å². The van der Waals surface area contributed by atoms with E-state index in [2.05, 4.69) is 29.1 Å². The molecule has 0 unspecified atom stereocenters. The lowest BCUT2D eigenvalue weighted by Gasteiger charge is -2.30. The van der Waals surface area contributed by atoms with Crippen molar-refractivity contribution in [3.8, 4) is 5.82 Å². The second kappa shape index (κ2) is 9.22. The number of hydrogen-bond acceptors (Lipinski definition) is 5. The van der Waals surface area contributed by atoms with Crippen LogP contribution in [0.1, 0.15) is 38.2 Å². The van der Waals surface area contributed by atoms with E-state index in [0.717, 1.165) is 5.56 Å². The number of anilines is 1. The molecule has 168 valence electrons. The van der Waals surface area contributed by atoms with E-state index in [0.29, 0.717) is 48.2 Å². The number of rotatable bonds is 6. The van der Waals surface area contributed by atoms with Gasteiger partial charge in [-0.15, -0.1) is 0 Å². The third-order valence-corrected chi connectivity index (χ3v) is 7.71. The van der Waals surface area contributed by atoms with Gasteiger partial charge < -0.3 is 5.32 Å². The van der Waals surface area contributed by atoms with E-state index >= 15 is 0 Å². The number of nitrogens with one attached hydrogen (secondary N) is 1. The van der Waals surface area contributed by atoms with Gasteiger partial charge in [-0.1, -0.05) is 26.0 Å². The van der Waals surface area contributed by atoms with Crippen LogP contribution in [0.4, 0.5) is 5.69 Å². The Morgan fingerprint density at radius 2 is 1.81 bits per heavy atom. The minimum absolute atomic E-state index is 0.111. The fraction of sp³-hybridized carbons (Fsp3) is 0.348. The monoisotopic (exact) mass is 453 g/mol. The third kappa shape index (κ3) is 4.73. The van der Waals surface area contributed by atoms with E-state index in [1.54, 1.807) is 53.8 Å². The fourth-order valence-corrected chi connectivity index (χ4v) is 5.25. The van der Waals surface area contributed by atoms with E-state index in [1.165, 1.54) is 4.31 Å². The normalized spacial score (nSPS) is 15.7. The maximum Gasteiger partial charge on any atom is 0.243 e. The van der Waals surface area contributed by atoms with E-state index in [1.807, 2.05) is 12.1 Å². The predicted octanol–water partition coefficient (Wildman–Crippen LogP) is 3.43. The van der Waals surface area contributed by atoms with Crippen LogP contribution in [-0.4, -0.2) is 46.3 Å². The van der Waals surface area contributed by atoms with Crippen LogP contribution in [0.15, 0.2) is 66.2 Å². The first-order valence-corrected chi connectivity index (χ1v) is 12.1. The van der Waals surface area contributed by atoms with E-state index in [9.17, 15) is 13.2 Å². The minimum atomic E-state index is -3.55. The molecule has 0 atom stereocenters. The molecule has 2 aromatic heterocycles. The zero-order valence-electron chi connectivity index (χ0n) is 18.2. The highest BCUT2D eigenvalue weighted by molar-refractivity contribution is 7.89. The summed E-state index contributed by atoms with van der Waals surface area (Å²) < 4.78 is 29.2. The van der Waals surface area contributed by atoms with Crippen molar-refractivity contribution in [2.45, 2.75) is 37.5 Å². The number of amides is 1. The van der Waals surface area contributed by atoms with E-state index < -0.39 is 10.0 Å². The average molecular weight is 454 g/mol. The van der Waals surface area contributed by atoms with Gasteiger partial charge in [-0.2, -0.15) is 4.31 Å². The topological polar surface area (TPSA) is 97.2 Å². The zero-order chi connectivity index (χ0) is 22.7. The quantitative estimate of drug-likeness (QED) is 0.617. The molecule has 0 spiro atoms. The Balaban J connectivity index is 1.34. The largest absolute Gasteiger partial charge is 0.324 e. The molecule has 0 aliphatic carbocycles. The predicted molar refractivity (Wildman–Crippen MR) is 122 cm³/mol. The molecule has 1 amide bonds. The Hall–Kier alpha value is -3.04. The molecule has 0 radical (unpaired) electrons. The van der Waals surface area contributed by atoms with Crippen molar-refractivity contribution >= 4 is 21.6 Å². The smallest absolute Gasteiger partial charge is 0.243 e. The van der Waals surface area contributed by atoms with Gasteiger partial charge in [0, 0.05) is 31.4 Å². The molecule has 1 saturated heterocycles. The Labute approximate surface area is 188 Å². The number of nitrogens with zero attached hydrogens (tertiary/aromatic N) is 4. The van der Waals surface area contributed by atoms with Crippen LogP contribution in [0, 0.1) is 5.92 Å². The van der Waals surface area contributed by atoms with Crippen molar-refractivity contribution in [2.24, 2.45) is 5.92 Å². The highest BCUT2D eigenvalue weighted by Gasteiger charge is 2.32. The van der Waals surface area contributed by atoms with Gasteiger partial charge in [-0.25, -0.2) is 18.4 Å². The molecule has 1 aliphatic heterocycles. The Kier molecular flexibility index (Phi) is 6.38. The van der Waals surface area contributed by atoms with Crippen LogP contribution in [0.5, 0.6) is 0 Å². The van der Waals surface area contributed by atoms with Crippen LogP contribution >= 0.6 is 0 Å². The maximum absolute atomic E-state index is 13.0. The number of benzene rings is 1. The lowest BCUT2D eigenvalue weighted by molar-refractivity contribution is -0.120. The van der Waals surface area contributed by atoms with Gasteiger partial charge in [0.15, 0.2) is 0 Å². The summed E-state index contributed by atoms with van der Waals surface area (Å²) in [6, 6.07) is 10.7. The molecule has 9 heteroatoms. The molecule has 32 heavy (non-hydrogen) atoms. The van der Waals surface area contributed by atoms with Crippen LogP contribution in [0.3, 0.4) is 0 Å². The lowest BCUT2D eigenvalue weighted by atomic mass is 9.97. The maximum atomic E-state index is 13.0. The van der Waals surface area contributed by atoms with Crippen molar-refractivity contribution in [3.05, 3.63) is 66.9 Å². The molecule has 3 aromatic rings. The second-order valence-corrected chi connectivity index (χ2v) is 10.2. The summed E-state index contributed by atoms with van der Waals surface area (Å²) in [5, 5.41) is 2.89. The van der Waals surface area contributed by atoms with Crippen molar-refractivity contribution < 1.29 is 13.2 Å². The summed E-state index contributed by atoms with van der Waals surface area (Å²) >= 11 is 0. The number of piperidine rings is 1. The summed E-state index contributed by atoms with van der Waals surface area (Å²) in [7, 11) is -3.55. The summed E-state index contributed by atoms with van der Waals surface area (Å²) in [6.07, 6.45) is 7.69. The molecule has 0 bridgehead atoms. The second-order valence-electron chi connectivity index (χ2n) is 8.27. The van der Waals surface area contributed by atoms with Gasteiger partial charge in [0.05, 0.1) is 16.8 Å². The molecule has 4 rings (SSSR count). The van der Waals surface area contributed by atoms with Gasteiger partial charge >= 0.3 is 0 Å². The molecule has 1 aliphatic rings. The SMILES string of the molecule is CC(C)c1ccc(S(=O)(=O)N2CCC(C(=O)Nc3ccc(-n4ccnc4)nc3)CC2)cc1. The van der Waals surface area contributed by atoms with Gasteiger partial charge in [0.25, 0.3) is 0 Å². The number of aromatic nitrogens is 3. The first-order valence-electron chi connectivity index (χ1n) is 10.7. The average Bonchev–Trinajstić information content (AvgIpc) is 3.35. The number of carbonyl (C=O) groups excluding carboxylic acids is 1. The molecular formula is C23H27N5O3S. The van der Waals surface area contributed by atoms with E-state index in [-0.39, 0.29) is 11.8 Å². The van der Waals surface area contributed by atoms with Crippen LogP contribution in [0.25, 0.3) is 5.82 Å². The molecule has 1 N–H and O–H groups in total. The Morgan fingerprint density at radius 3 is 2.38 bits per heavy atom. The number of pyridine rings is 1. The van der Waals surface area contributed by atoms with Crippen LogP contribution in [0.2, 0.25) is 0 Å². The molecule has 8 nitrogen and oxygen atoms in total. The number of hydrogen-bond donors (Lipinski definition) is 1. The molecule has 1 aromatic carbocycles. The van der Waals surface area contributed by atoms with Gasteiger partial charge in [-0.05, 0) is 48.6 Å². The third-order valence-electron chi connectivity index (χ3n) is 5.79. The van der Waals surface area contributed by atoms with Gasteiger partial charge in [0.2, 0.25) is 15.9 Å². The fourth-order valence-electron chi connectivity index (χ4n) is 3.78. The Morgan fingerprint density at radius 1 is 1.09 bits per heavy atom. The van der Waals surface area contributed by atoms with Crippen LogP contribution in [-0.2, 0) is 14.8 Å². The summed E-state index contributed by atoms with van der Waals surface area (Å²) in [5.74, 6) is 0.706. The standard InChI is InChI=1S/C23H27N5O3S/c1-17(2)18-3-6-21(7-4-18)32(30,31)28-12-9-19(10-13-28)23(29)26-20-5-8-22(25-15-20)27-14-11-24-16-27/h3-8,11,14-17,19H,9-10,12-13H2,1-2H3,(H,26,29). The number of sulfonamides is 1. The lowest BCUT2D eigenvalue weighted by Crippen LogP contribution is -2.41. The summed E-state index contributed by atoms with van der Waals surface area (Å²) in [6.45, 7) is 4.79. The molecule has 1 fully saturated rings. The zero-order valence-corrected chi connectivity index (χ0v) is 19.0.